The minimum atomic E-state index is -0.00341. The molecular weight excluding hydrogens is 374 g/mol. The lowest BCUT2D eigenvalue weighted by atomic mass is 9.98. The van der Waals surface area contributed by atoms with E-state index >= 15 is 0 Å². The number of nitrogens with zero attached hydrogens (tertiary/aromatic N) is 1. The van der Waals surface area contributed by atoms with Gasteiger partial charge in [0.1, 0.15) is 5.75 Å². The zero-order chi connectivity index (χ0) is 17.2. The third-order valence-electron chi connectivity index (χ3n) is 4.27. The second-order valence-corrected chi connectivity index (χ2v) is 8.21. The van der Waals surface area contributed by atoms with Crippen LogP contribution in [0.5, 0.6) is 5.75 Å². The van der Waals surface area contributed by atoms with E-state index in [1.165, 1.54) is 15.3 Å². The molecule has 0 saturated heterocycles. The van der Waals surface area contributed by atoms with Gasteiger partial charge in [0.25, 0.3) is 5.91 Å². The third-order valence-corrected chi connectivity index (χ3v) is 6.45. The van der Waals surface area contributed by atoms with Crippen LogP contribution in [0.4, 0.5) is 0 Å². The van der Waals surface area contributed by atoms with Crippen LogP contribution in [0.2, 0.25) is 5.02 Å². The highest BCUT2D eigenvalue weighted by Gasteiger charge is 2.33. The van der Waals surface area contributed by atoms with E-state index in [-0.39, 0.29) is 18.6 Å². The molecule has 4 rings (SSSR count). The molecule has 0 spiro atoms. The summed E-state index contributed by atoms with van der Waals surface area (Å²) >= 11 is 9.34. The van der Waals surface area contributed by atoms with Gasteiger partial charge in [-0.15, -0.1) is 22.7 Å². The SMILES string of the molecule is O=C(COc1ccc(Cl)cc1)N1CCc2sccc2[C@H]1c1cccs1. The Morgan fingerprint density at radius 1 is 1.16 bits per heavy atom. The predicted molar refractivity (Wildman–Crippen MR) is 103 cm³/mol. The second-order valence-electron chi connectivity index (χ2n) is 5.80. The number of thiophene rings is 2. The number of ether oxygens (including phenoxy) is 1. The van der Waals surface area contributed by atoms with Crippen molar-refractivity contribution in [2.24, 2.45) is 0 Å². The number of amides is 1. The van der Waals surface area contributed by atoms with Gasteiger partial charge in [-0.25, -0.2) is 0 Å². The number of hydrogen-bond acceptors (Lipinski definition) is 4. The summed E-state index contributed by atoms with van der Waals surface area (Å²) in [7, 11) is 0. The van der Waals surface area contributed by atoms with Crippen molar-refractivity contribution in [2.45, 2.75) is 12.5 Å². The average molecular weight is 390 g/mol. The number of hydrogen-bond donors (Lipinski definition) is 0. The van der Waals surface area contributed by atoms with Crippen LogP contribution in [0.25, 0.3) is 0 Å². The maximum atomic E-state index is 12.9. The Kier molecular flexibility index (Phi) is 4.79. The molecule has 1 amide bonds. The Hall–Kier alpha value is -1.82. The van der Waals surface area contributed by atoms with Gasteiger partial charge in [-0.2, -0.15) is 0 Å². The lowest BCUT2D eigenvalue weighted by Gasteiger charge is -2.35. The molecule has 3 nitrogen and oxygen atoms in total. The molecule has 0 fully saturated rings. The van der Waals surface area contributed by atoms with Gasteiger partial charge >= 0.3 is 0 Å². The highest BCUT2D eigenvalue weighted by molar-refractivity contribution is 7.10. The fourth-order valence-electron chi connectivity index (χ4n) is 3.10. The van der Waals surface area contributed by atoms with E-state index < -0.39 is 0 Å². The molecule has 0 aliphatic carbocycles. The van der Waals surface area contributed by atoms with Crippen LogP contribution in [0.3, 0.4) is 0 Å². The van der Waals surface area contributed by atoms with E-state index in [0.29, 0.717) is 10.8 Å². The Morgan fingerprint density at radius 3 is 2.76 bits per heavy atom. The molecule has 3 aromatic rings. The fourth-order valence-corrected chi connectivity index (χ4v) is 4.98. The number of carbonyl (C=O) groups is 1. The van der Waals surface area contributed by atoms with Gasteiger partial charge in [-0.3, -0.25) is 4.79 Å². The zero-order valence-corrected chi connectivity index (χ0v) is 15.7. The number of rotatable bonds is 4. The molecule has 25 heavy (non-hydrogen) atoms. The van der Waals surface area contributed by atoms with Crippen LogP contribution in [-0.4, -0.2) is 24.0 Å². The van der Waals surface area contributed by atoms with Crippen LogP contribution in [0.15, 0.2) is 53.2 Å². The summed E-state index contributed by atoms with van der Waals surface area (Å²) in [4.78, 5) is 17.4. The molecule has 1 aliphatic heterocycles. The van der Waals surface area contributed by atoms with Gasteiger partial charge in [-0.05, 0) is 59.1 Å². The number of halogens is 1. The second kappa shape index (κ2) is 7.20. The summed E-state index contributed by atoms with van der Waals surface area (Å²) in [5, 5.41) is 4.82. The summed E-state index contributed by atoms with van der Waals surface area (Å²) in [5.41, 5.74) is 1.25. The largest absolute Gasteiger partial charge is 0.484 e. The van der Waals surface area contributed by atoms with Gasteiger partial charge in [0.2, 0.25) is 0 Å². The summed E-state index contributed by atoms with van der Waals surface area (Å²) in [6.45, 7) is 0.752. The molecule has 3 heterocycles. The molecule has 1 atom stereocenters. The Labute approximate surface area is 159 Å². The molecule has 1 aromatic carbocycles. The lowest BCUT2D eigenvalue weighted by molar-refractivity contribution is -0.135. The van der Waals surface area contributed by atoms with Crippen molar-refractivity contribution < 1.29 is 9.53 Å². The van der Waals surface area contributed by atoms with Gasteiger partial charge in [0, 0.05) is 21.3 Å². The maximum Gasteiger partial charge on any atom is 0.261 e. The number of benzene rings is 1. The fraction of sp³-hybridized carbons (Fsp3) is 0.211. The topological polar surface area (TPSA) is 29.5 Å². The van der Waals surface area contributed by atoms with E-state index in [0.717, 1.165) is 13.0 Å². The van der Waals surface area contributed by atoms with Crippen molar-refractivity contribution >= 4 is 40.2 Å². The normalized spacial score (nSPS) is 16.5. The van der Waals surface area contributed by atoms with Crippen molar-refractivity contribution in [3.8, 4) is 5.75 Å². The Balaban J connectivity index is 1.53. The molecule has 1 aliphatic rings. The number of carbonyl (C=O) groups excluding carboxylic acids is 1. The van der Waals surface area contributed by atoms with Crippen molar-refractivity contribution in [1.29, 1.82) is 0 Å². The van der Waals surface area contributed by atoms with Crippen LogP contribution >= 0.6 is 34.3 Å². The maximum absolute atomic E-state index is 12.9. The third kappa shape index (κ3) is 3.45. The molecule has 0 bridgehead atoms. The van der Waals surface area contributed by atoms with Gasteiger partial charge in [-0.1, -0.05) is 17.7 Å². The number of fused-ring (bicyclic) bond motifs is 1. The Bertz CT molecular complexity index is 858. The van der Waals surface area contributed by atoms with Crippen LogP contribution in [0.1, 0.15) is 21.4 Å². The monoisotopic (exact) mass is 389 g/mol. The molecule has 2 aromatic heterocycles. The summed E-state index contributed by atoms with van der Waals surface area (Å²) in [6, 6.07) is 13.3. The van der Waals surface area contributed by atoms with Crippen molar-refractivity contribution in [1.82, 2.24) is 4.90 Å². The first-order chi connectivity index (χ1) is 12.2. The smallest absolute Gasteiger partial charge is 0.261 e. The summed E-state index contributed by atoms with van der Waals surface area (Å²) in [6.07, 6.45) is 0.904. The minimum Gasteiger partial charge on any atom is -0.484 e. The highest BCUT2D eigenvalue weighted by atomic mass is 35.5. The van der Waals surface area contributed by atoms with Crippen molar-refractivity contribution in [3.05, 3.63) is 73.6 Å². The first kappa shape index (κ1) is 16.6. The Morgan fingerprint density at radius 2 is 2.00 bits per heavy atom. The molecular formula is C19H16ClNO2S2. The van der Waals surface area contributed by atoms with E-state index in [1.54, 1.807) is 46.9 Å². The van der Waals surface area contributed by atoms with Gasteiger partial charge in [0.15, 0.2) is 6.61 Å². The standard InChI is InChI=1S/C19H16ClNO2S2/c20-13-3-5-14(6-4-13)23-12-18(22)21-9-7-16-15(8-11-25-16)19(21)17-2-1-10-24-17/h1-6,8,10-11,19H,7,9,12H2/t19-/m0/s1. The molecule has 0 saturated carbocycles. The summed E-state index contributed by atoms with van der Waals surface area (Å²) in [5.74, 6) is 0.656. The van der Waals surface area contributed by atoms with E-state index in [2.05, 4.69) is 22.9 Å². The molecule has 0 unspecified atom stereocenters. The zero-order valence-electron chi connectivity index (χ0n) is 13.4. The van der Waals surface area contributed by atoms with Gasteiger partial charge in [0.05, 0.1) is 6.04 Å². The predicted octanol–water partition coefficient (Wildman–Crippen LogP) is 5.02. The van der Waals surface area contributed by atoms with Crippen LogP contribution in [-0.2, 0) is 11.2 Å². The highest BCUT2D eigenvalue weighted by Crippen LogP contribution is 2.39. The van der Waals surface area contributed by atoms with E-state index in [4.69, 9.17) is 16.3 Å². The first-order valence-electron chi connectivity index (χ1n) is 8.00. The molecule has 128 valence electrons. The van der Waals surface area contributed by atoms with E-state index in [1.807, 2.05) is 11.0 Å². The van der Waals surface area contributed by atoms with Crippen LogP contribution < -0.4 is 4.74 Å². The molecule has 0 N–H and O–H groups in total. The summed E-state index contributed by atoms with van der Waals surface area (Å²) < 4.78 is 5.67. The van der Waals surface area contributed by atoms with Crippen molar-refractivity contribution in [2.75, 3.05) is 13.2 Å². The van der Waals surface area contributed by atoms with E-state index in [9.17, 15) is 4.79 Å². The van der Waals surface area contributed by atoms with Crippen LogP contribution in [0, 0.1) is 0 Å². The quantitative estimate of drug-likeness (QED) is 0.627. The van der Waals surface area contributed by atoms with Gasteiger partial charge < -0.3 is 9.64 Å². The minimum absolute atomic E-state index is 0.00341. The average Bonchev–Trinajstić information content (AvgIpc) is 3.31. The molecule has 0 radical (unpaired) electrons. The lowest BCUT2D eigenvalue weighted by Crippen LogP contribution is -2.42. The molecule has 6 heteroatoms. The first-order valence-corrected chi connectivity index (χ1v) is 10.1. The van der Waals surface area contributed by atoms with Crippen molar-refractivity contribution in [3.63, 3.8) is 0 Å².